The Morgan fingerprint density at radius 3 is 2.60 bits per heavy atom. The first-order valence-corrected chi connectivity index (χ1v) is 5.71. The molecular weight excluding hydrogens is 190 g/mol. The van der Waals surface area contributed by atoms with E-state index in [-0.39, 0.29) is 18.0 Å². The monoisotopic (exact) mass is 213 g/mol. The van der Waals surface area contributed by atoms with E-state index < -0.39 is 0 Å². The van der Waals surface area contributed by atoms with Crippen molar-refractivity contribution in [1.82, 2.24) is 9.80 Å². The molecule has 1 saturated heterocycles. The van der Waals surface area contributed by atoms with E-state index >= 15 is 0 Å². The fourth-order valence-electron chi connectivity index (χ4n) is 2.47. The Morgan fingerprint density at radius 2 is 2.13 bits per heavy atom. The molecule has 0 saturated carbocycles. The van der Waals surface area contributed by atoms with Crippen LogP contribution < -0.4 is 5.73 Å². The van der Waals surface area contributed by atoms with E-state index in [2.05, 4.69) is 25.7 Å². The highest BCUT2D eigenvalue weighted by molar-refractivity contribution is 5.83. The lowest BCUT2D eigenvalue weighted by molar-refractivity contribution is -0.147. The topological polar surface area (TPSA) is 49.6 Å². The minimum absolute atomic E-state index is 0.0198. The summed E-state index contributed by atoms with van der Waals surface area (Å²) in [5.74, 6) is 0.233. The van der Waals surface area contributed by atoms with Gasteiger partial charge in [0.15, 0.2) is 0 Å². The van der Waals surface area contributed by atoms with Crippen LogP contribution in [0.4, 0.5) is 0 Å². The van der Waals surface area contributed by atoms with Gasteiger partial charge in [-0.2, -0.15) is 0 Å². The van der Waals surface area contributed by atoms with Crippen molar-refractivity contribution in [2.45, 2.75) is 45.3 Å². The van der Waals surface area contributed by atoms with E-state index in [1.165, 1.54) is 0 Å². The number of nitrogens with two attached hydrogens (primary N) is 1. The zero-order valence-electron chi connectivity index (χ0n) is 10.2. The summed E-state index contributed by atoms with van der Waals surface area (Å²) in [6.45, 7) is 7.75. The van der Waals surface area contributed by atoms with Crippen LogP contribution in [0.25, 0.3) is 0 Å². The van der Waals surface area contributed by atoms with Gasteiger partial charge in [-0.3, -0.25) is 9.69 Å². The predicted molar refractivity (Wildman–Crippen MR) is 61.5 cm³/mol. The zero-order valence-corrected chi connectivity index (χ0v) is 10.2. The molecule has 1 heterocycles. The summed E-state index contributed by atoms with van der Waals surface area (Å²) < 4.78 is 0. The fourth-order valence-corrected chi connectivity index (χ4v) is 2.47. The van der Waals surface area contributed by atoms with Crippen LogP contribution in [0.15, 0.2) is 0 Å². The third-order valence-corrected chi connectivity index (χ3v) is 3.10. The highest BCUT2D eigenvalue weighted by Gasteiger charge is 2.37. The van der Waals surface area contributed by atoms with Crippen LogP contribution in [-0.2, 0) is 4.79 Å². The van der Waals surface area contributed by atoms with Crippen LogP contribution in [0, 0.1) is 0 Å². The average Bonchev–Trinajstić information content (AvgIpc) is 2.11. The smallest absolute Gasteiger partial charge is 0.240 e. The molecule has 1 rings (SSSR count). The summed E-state index contributed by atoms with van der Waals surface area (Å²) in [6, 6.07) is 0.562. The van der Waals surface area contributed by atoms with E-state index in [1.54, 1.807) is 0 Å². The van der Waals surface area contributed by atoms with Crippen LogP contribution in [-0.4, -0.2) is 54.0 Å². The maximum absolute atomic E-state index is 12.2. The minimum atomic E-state index is -0.0198. The van der Waals surface area contributed by atoms with Gasteiger partial charge in [-0.15, -0.1) is 0 Å². The Kier molecular flexibility index (Phi) is 4.11. The van der Waals surface area contributed by atoms with Crippen molar-refractivity contribution >= 4 is 5.91 Å². The lowest BCUT2D eigenvalue weighted by Crippen LogP contribution is -2.61. The second-order valence-electron chi connectivity index (χ2n) is 4.72. The van der Waals surface area contributed by atoms with Crippen LogP contribution in [0.5, 0.6) is 0 Å². The van der Waals surface area contributed by atoms with Gasteiger partial charge in [0, 0.05) is 18.6 Å². The molecule has 0 aromatic carbocycles. The maximum Gasteiger partial charge on any atom is 0.240 e. The largest absolute Gasteiger partial charge is 0.335 e. The quantitative estimate of drug-likeness (QED) is 0.732. The first-order chi connectivity index (χ1) is 6.99. The van der Waals surface area contributed by atoms with Crippen LogP contribution in [0.2, 0.25) is 0 Å². The van der Waals surface area contributed by atoms with Gasteiger partial charge < -0.3 is 10.6 Å². The number of rotatable bonds is 3. The molecule has 0 bridgehead atoms. The Labute approximate surface area is 92.4 Å². The van der Waals surface area contributed by atoms with Crippen molar-refractivity contribution in [2.24, 2.45) is 5.73 Å². The number of likely N-dealkylation sites (N-methyl/N-ethyl adjacent to an activating group) is 1. The molecule has 2 unspecified atom stereocenters. The molecule has 0 aromatic heterocycles. The molecule has 1 aliphatic rings. The standard InChI is InChI=1S/C11H23N3O/c1-8(2)14-9(3)7-13(4)10(5-6-12)11(14)15/h8-10H,5-7,12H2,1-4H3. The molecule has 1 fully saturated rings. The third kappa shape index (κ3) is 2.49. The lowest BCUT2D eigenvalue weighted by Gasteiger charge is -2.45. The number of piperazine rings is 1. The Hall–Kier alpha value is -0.610. The van der Waals surface area contributed by atoms with Crippen molar-refractivity contribution in [2.75, 3.05) is 20.1 Å². The zero-order chi connectivity index (χ0) is 11.6. The first kappa shape index (κ1) is 12.5. The molecule has 0 aromatic rings. The van der Waals surface area contributed by atoms with Crippen LogP contribution in [0.3, 0.4) is 0 Å². The number of hydrogen-bond donors (Lipinski definition) is 1. The van der Waals surface area contributed by atoms with Gasteiger partial charge in [-0.1, -0.05) is 0 Å². The average molecular weight is 213 g/mol. The molecule has 2 N–H and O–H groups in total. The normalized spacial score (nSPS) is 28.9. The highest BCUT2D eigenvalue weighted by atomic mass is 16.2. The van der Waals surface area contributed by atoms with Gasteiger partial charge in [-0.25, -0.2) is 0 Å². The number of carbonyl (C=O) groups is 1. The van der Waals surface area contributed by atoms with Crippen molar-refractivity contribution in [1.29, 1.82) is 0 Å². The Morgan fingerprint density at radius 1 is 1.53 bits per heavy atom. The van der Waals surface area contributed by atoms with Crippen molar-refractivity contribution in [3.63, 3.8) is 0 Å². The molecule has 4 heteroatoms. The summed E-state index contributed by atoms with van der Waals surface area (Å²) >= 11 is 0. The van der Waals surface area contributed by atoms with Crippen molar-refractivity contribution in [3.8, 4) is 0 Å². The molecule has 0 radical (unpaired) electrons. The SMILES string of the molecule is CC(C)N1C(=O)C(CCN)N(C)CC1C. The molecule has 15 heavy (non-hydrogen) atoms. The summed E-state index contributed by atoms with van der Waals surface area (Å²) in [5, 5.41) is 0. The van der Waals surface area contributed by atoms with Crippen molar-refractivity contribution in [3.05, 3.63) is 0 Å². The van der Waals surface area contributed by atoms with E-state index in [1.807, 2.05) is 11.9 Å². The van der Waals surface area contributed by atoms with Crippen LogP contribution in [0.1, 0.15) is 27.2 Å². The predicted octanol–water partition coefficient (Wildman–Crippen LogP) is 0.275. The van der Waals surface area contributed by atoms with E-state index in [4.69, 9.17) is 5.73 Å². The fraction of sp³-hybridized carbons (Fsp3) is 0.909. The molecular formula is C11H23N3O. The van der Waals surface area contributed by atoms with Gasteiger partial charge in [0.05, 0.1) is 6.04 Å². The molecule has 88 valence electrons. The van der Waals surface area contributed by atoms with Gasteiger partial charge in [0.1, 0.15) is 0 Å². The van der Waals surface area contributed by atoms with Crippen molar-refractivity contribution < 1.29 is 4.79 Å². The molecule has 2 atom stereocenters. The number of amides is 1. The molecule has 0 spiro atoms. The molecule has 1 aliphatic heterocycles. The second kappa shape index (κ2) is 4.94. The van der Waals surface area contributed by atoms with Gasteiger partial charge in [-0.05, 0) is 40.8 Å². The molecule has 0 aliphatic carbocycles. The number of nitrogens with zero attached hydrogens (tertiary/aromatic N) is 2. The van der Waals surface area contributed by atoms with Gasteiger partial charge in [0.25, 0.3) is 0 Å². The van der Waals surface area contributed by atoms with Crippen LogP contribution >= 0.6 is 0 Å². The summed E-state index contributed by atoms with van der Waals surface area (Å²) in [5.41, 5.74) is 5.54. The summed E-state index contributed by atoms with van der Waals surface area (Å²) in [4.78, 5) is 16.3. The third-order valence-electron chi connectivity index (χ3n) is 3.10. The lowest BCUT2D eigenvalue weighted by atomic mass is 10.0. The number of carbonyl (C=O) groups excluding carboxylic acids is 1. The van der Waals surface area contributed by atoms with Gasteiger partial charge in [0.2, 0.25) is 5.91 Å². The summed E-state index contributed by atoms with van der Waals surface area (Å²) in [6.07, 6.45) is 0.755. The highest BCUT2D eigenvalue weighted by Crippen LogP contribution is 2.19. The Balaban J connectivity index is 2.79. The molecule has 4 nitrogen and oxygen atoms in total. The molecule has 1 amide bonds. The Bertz CT molecular complexity index is 230. The maximum atomic E-state index is 12.2. The van der Waals surface area contributed by atoms with E-state index in [0.717, 1.165) is 13.0 Å². The first-order valence-electron chi connectivity index (χ1n) is 5.71. The minimum Gasteiger partial charge on any atom is -0.335 e. The number of hydrogen-bond acceptors (Lipinski definition) is 3. The summed E-state index contributed by atoms with van der Waals surface area (Å²) in [7, 11) is 2.01. The second-order valence-corrected chi connectivity index (χ2v) is 4.72. The van der Waals surface area contributed by atoms with E-state index in [9.17, 15) is 4.79 Å². The van der Waals surface area contributed by atoms with Gasteiger partial charge >= 0.3 is 0 Å². The van der Waals surface area contributed by atoms with E-state index in [0.29, 0.717) is 12.6 Å².